The average Bonchev–Trinajstić information content (AvgIpc) is 2.28. The third-order valence-electron chi connectivity index (χ3n) is 1.83. The summed E-state index contributed by atoms with van der Waals surface area (Å²) in [6.07, 6.45) is 0. The van der Waals surface area contributed by atoms with Crippen molar-refractivity contribution < 1.29 is 4.74 Å². The number of hydrogen-bond acceptors (Lipinski definition) is 3. The maximum Gasteiger partial charge on any atom is 0.131 e. The molecule has 0 atom stereocenters. The van der Waals surface area contributed by atoms with Crippen LogP contribution >= 0.6 is 0 Å². The number of hydrogen-bond donors (Lipinski definition) is 2. The van der Waals surface area contributed by atoms with Crippen LogP contribution in [0.2, 0.25) is 0 Å². The van der Waals surface area contributed by atoms with Crippen molar-refractivity contribution in [2.24, 2.45) is 0 Å². The first kappa shape index (κ1) is 14.4. The van der Waals surface area contributed by atoms with E-state index in [-0.39, 0.29) is 18.0 Å². The van der Waals surface area contributed by atoms with Crippen LogP contribution in [0, 0.1) is 17.7 Å². The van der Waals surface area contributed by atoms with Crippen molar-refractivity contribution >= 4 is 11.4 Å². The second kappa shape index (κ2) is 7.63. The molecule has 3 heteroatoms. The summed E-state index contributed by atoms with van der Waals surface area (Å²) in [4.78, 5) is 0. The summed E-state index contributed by atoms with van der Waals surface area (Å²) < 4.78 is 5.34. The zero-order valence-corrected chi connectivity index (χ0v) is 10.4. The van der Waals surface area contributed by atoms with E-state index in [0.717, 1.165) is 11.3 Å². The first-order valence-corrected chi connectivity index (χ1v) is 5.42. The molecule has 2 N–H and O–H groups in total. The molecule has 1 aromatic rings. The molecule has 1 aromatic carbocycles. The monoisotopic (exact) mass is 220 g/mol. The van der Waals surface area contributed by atoms with Gasteiger partial charge in [-0.25, -0.2) is 0 Å². The molecule has 0 aliphatic carbocycles. The van der Waals surface area contributed by atoms with E-state index in [2.05, 4.69) is 0 Å². The molecule has 88 valence electrons. The van der Waals surface area contributed by atoms with Gasteiger partial charge in [0.1, 0.15) is 12.4 Å². The zero-order valence-electron chi connectivity index (χ0n) is 10.4. The van der Waals surface area contributed by atoms with Crippen LogP contribution in [0.1, 0.15) is 26.3 Å². The smallest absolute Gasteiger partial charge is 0.131 e. The summed E-state index contributed by atoms with van der Waals surface area (Å²) >= 11 is 0. The van der Waals surface area contributed by atoms with E-state index in [4.69, 9.17) is 15.6 Å². The van der Waals surface area contributed by atoms with Crippen LogP contribution < -0.4 is 4.74 Å². The Bertz CT molecular complexity index is 359. The minimum absolute atomic E-state index is 0.165. The fourth-order valence-corrected chi connectivity index (χ4v) is 0.969. The topological polar surface area (TPSA) is 56.9 Å². The van der Waals surface area contributed by atoms with Gasteiger partial charge in [0.05, 0.1) is 11.4 Å². The summed E-state index contributed by atoms with van der Waals surface area (Å²) in [6.45, 7) is 7.74. The Morgan fingerprint density at radius 3 is 2.38 bits per heavy atom. The Kier molecular flexibility index (Phi) is 6.84. The Labute approximate surface area is 97.5 Å². The highest BCUT2D eigenvalue weighted by Gasteiger charge is 2.00. The van der Waals surface area contributed by atoms with Gasteiger partial charge < -0.3 is 10.1 Å². The molecule has 0 saturated carbocycles. The van der Waals surface area contributed by atoms with Gasteiger partial charge in [0.15, 0.2) is 0 Å². The van der Waals surface area contributed by atoms with Crippen LogP contribution in [0.5, 0.6) is 5.75 Å². The second-order valence-corrected chi connectivity index (χ2v) is 3.21. The molecule has 0 amide bonds. The van der Waals surface area contributed by atoms with Gasteiger partial charge >= 0.3 is 0 Å². The third-order valence-corrected chi connectivity index (χ3v) is 1.83. The quantitative estimate of drug-likeness (QED) is 0.750. The molecule has 0 radical (unpaired) electrons. The Morgan fingerprint density at radius 2 is 1.88 bits per heavy atom. The highest BCUT2D eigenvalue weighted by Crippen LogP contribution is 2.11. The van der Waals surface area contributed by atoms with Crippen LogP contribution in [0.15, 0.2) is 24.3 Å². The Morgan fingerprint density at radius 1 is 1.25 bits per heavy atom. The molecule has 0 aromatic heterocycles. The van der Waals surface area contributed by atoms with E-state index >= 15 is 0 Å². The van der Waals surface area contributed by atoms with Gasteiger partial charge in [0, 0.05) is 0 Å². The molecule has 0 saturated heterocycles. The van der Waals surface area contributed by atoms with Gasteiger partial charge in [-0.3, -0.25) is 5.41 Å². The average molecular weight is 220 g/mol. The molecular formula is C13H20N2O. The Balaban J connectivity index is 0.00000106. The summed E-state index contributed by atoms with van der Waals surface area (Å²) in [5.41, 5.74) is 1.59. The molecule has 0 aliphatic rings. The fraction of sp³-hybridized carbons (Fsp3) is 0.385. The van der Waals surface area contributed by atoms with E-state index in [1.165, 1.54) is 0 Å². The van der Waals surface area contributed by atoms with Gasteiger partial charge in [-0.2, -0.15) is 0 Å². The maximum atomic E-state index is 7.40. The number of ether oxygens (including phenoxy) is 1. The number of benzene rings is 1. The van der Waals surface area contributed by atoms with Crippen molar-refractivity contribution in [1.82, 2.24) is 0 Å². The lowest BCUT2D eigenvalue weighted by Gasteiger charge is -2.06. The lowest BCUT2D eigenvalue weighted by atomic mass is 10.2. The number of rotatable bonds is 4. The standard InChI is InChI=1S/C11H14N2O.C2H6/c1-8-4-3-5-10(6-8)14-7-11(13)9(2)12;1-2/h3-6,12-13H,7H2,1-2H3;1-2H3. The van der Waals surface area contributed by atoms with E-state index in [9.17, 15) is 0 Å². The normalized spacial score (nSPS) is 8.75. The van der Waals surface area contributed by atoms with Gasteiger partial charge in [-0.15, -0.1) is 0 Å². The number of aryl methyl sites for hydroxylation is 1. The predicted molar refractivity (Wildman–Crippen MR) is 69.1 cm³/mol. The van der Waals surface area contributed by atoms with E-state index in [1.54, 1.807) is 6.92 Å². The van der Waals surface area contributed by atoms with Gasteiger partial charge in [0.2, 0.25) is 0 Å². The lowest BCUT2D eigenvalue weighted by Crippen LogP contribution is -2.17. The van der Waals surface area contributed by atoms with E-state index < -0.39 is 0 Å². The molecular weight excluding hydrogens is 200 g/mol. The molecule has 0 fully saturated rings. The van der Waals surface area contributed by atoms with Gasteiger partial charge in [-0.1, -0.05) is 26.0 Å². The predicted octanol–water partition coefficient (Wildman–Crippen LogP) is 3.46. The molecule has 16 heavy (non-hydrogen) atoms. The largest absolute Gasteiger partial charge is 0.487 e. The molecule has 0 unspecified atom stereocenters. The van der Waals surface area contributed by atoms with Crippen LogP contribution in [-0.4, -0.2) is 18.0 Å². The first-order valence-electron chi connectivity index (χ1n) is 5.42. The molecule has 3 nitrogen and oxygen atoms in total. The van der Waals surface area contributed by atoms with Crippen molar-refractivity contribution in [3.63, 3.8) is 0 Å². The summed E-state index contributed by atoms with van der Waals surface area (Å²) in [5, 5.41) is 14.6. The molecule has 0 aliphatic heterocycles. The highest BCUT2D eigenvalue weighted by atomic mass is 16.5. The van der Waals surface area contributed by atoms with Crippen molar-refractivity contribution in [3.05, 3.63) is 29.8 Å². The Hall–Kier alpha value is -1.64. The van der Waals surface area contributed by atoms with Crippen molar-refractivity contribution in [2.45, 2.75) is 27.7 Å². The lowest BCUT2D eigenvalue weighted by molar-refractivity contribution is 0.377. The minimum atomic E-state index is 0.165. The van der Waals surface area contributed by atoms with Crippen LogP contribution in [0.3, 0.4) is 0 Å². The van der Waals surface area contributed by atoms with Crippen molar-refractivity contribution in [3.8, 4) is 5.75 Å². The fourth-order valence-electron chi connectivity index (χ4n) is 0.969. The summed E-state index contributed by atoms with van der Waals surface area (Å²) in [5.74, 6) is 0.746. The zero-order chi connectivity index (χ0) is 12.6. The molecule has 0 bridgehead atoms. The molecule has 1 rings (SSSR count). The van der Waals surface area contributed by atoms with Gasteiger partial charge in [0.25, 0.3) is 0 Å². The maximum absolute atomic E-state index is 7.40. The van der Waals surface area contributed by atoms with E-state index in [0.29, 0.717) is 0 Å². The SMILES string of the molecule is CC.CC(=N)C(=N)COc1cccc(C)c1. The third kappa shape index (κ3) is 5.29. The highest BCUT2D eigenvalue weighted by molar-refractivity contribution is 6.39. The van der Waals surface area contributed by atoms with Crippen LogP contribution in [0.25, 0.3) is 0 Å². The van der Waals surface area contributed by atoms with E-state index in [1.807, 2.05) is 45.0 Å². The first-order chi connectivity index (χ1) is 7.59. The molecule has 0 heterocycles. The second-order valence-electron chi connectivity index (χ2n) is 3.21. The van der Waals surface area contributed by atoms with Crippen LogP contribution in [-0.2, 0) is 0 Å². The summed E-state index contributed by atoms with van der Waals surface area (Å²) in [6, 6.07) is 7.65. The summed E-state index contributed by atoms with van der Waals surface area (Å²) in [7, 11) is 0. The van der Waals surface area contributed by atoms with Crippen LogP contribution in [0.4, 0.5) is 0 Å². The van der Waals surface area contributed by atoms with Gasteiger partial charge in [-0.05, 0) is 31.5 Å². The van der Waals surface area contributed by atoms with Crippen molar-refractivity contribution in [2.75, 3.05) is 6.61 Å². The van der Waals surface area contributed by atoms with Crippen molar-refractivity contribution in [1.29, 1.82) is 10.8 Å². The number of nitrogens with one attached hydrogen (secondary N) is 2. The minimum Gasteiger partial charge on any atom is -0.487 e. The molecule has 0 spiro atoms.